The average Bonchev–Trinajstić information content (AvgIpc) is 2.46. The van der Waals surface area contributed by atoms with E-state index in [9.17, 15) is 9.59 Å². The van der Waals surface area contributed by atoms with Gasteiger partial charge in [0.2, 0.25) is 0 Å². The molecule has 1 atom stereocenters. The minimum absolute atomic E-state index is 0.159. The molecule has 0 saturated heterocycles. The summed E-state index contributed by atoms with van der Waals surface area (Å²) in [7, 11) is 0. The number of fused-ring (bicyclic) bond motifs is 1. The summed E-state index contributed by atoms with van der Waals surface area (Å²) in [5.74, 6) is -1.60. The van der Waals surface area contributed by atoms with E-state index in [1.165, 1.54) is 12.3 Å². The highest BCUT2D eigenvalue weighted by Crippen LogP contribution is 2.16. The second-order valence-electron chi connectivity index (χ2n) is 4.27. The first kappa shape index (κ1) is 13.7. The molecule has 5 nitrogen and oxygen atoms in total. The number of carboxylic acids is 1. The fraction of sp³-hybridized carbons (Fsp3) is 0.133. The standard InChI is InChI=1S/C15H14N2O3/c1-2-5-12(15(19)20)17-14(18)13-11-7-4-3-6-10(11)8-9-16-13/h2-4,6-9,12H,1,5H2,(H,17,18)(H,19,20). The van der Waals surface area contributed by atoms with E-state index in [4.69, 9.17) is 5.11 Å². The molecule has 1 unspecified atom stereocenters. The second-order valence-corrected chi connectivity index (χ2v) is 4.27. The molecule has 20 heavy (non-hydrogen) atoms. The predicted octanol–water partition coefficient (Wildman–Crippen LogP) is 1.99. The van der Waals surface area contributed by atoms with Gasteiger partial charge in [0.1, 0.15) is 11.7 Å². The van der Waals surface area contributed by atoms with Crippen LogP contribution in [0, 0.1) is 0 Å². The van der Waals surface area contributed by atoms with Crippen molar-refractivity contribution in [2.75, 3.05) is 0 Å². The molecular weight excluding hydrogens is 256 g/mol. The van der Waals surface area contributed by atoms with Crippen LogP contribution in [0.25, 0.3) is 10.8 Å². The van der Waals surface area contributed by atoms with Gasteiger partial charge in [0.25, 0.3) is 5.91 Å². The Labute approximate surface area is 115 Å². The van der Waals surface area contributed by atoms with Crippen LogP contribution in [0.1, 0.15) is 16.9 Å². The molecule has 1 amide bonds. The van der Waals surface area contributed by atoms with E-state index in [1.807, 2.05) is 12.1 Å². The van der Waals surface area contributed by atoms with Crippen LogP contribution in [0.4, 0.5) is 0 Å². The maximum Gasteiger partial charge on any atom is 0.326 e. The summed E-state index contributed by atoms with van der Waals surface area (Å²) in [6, 6.07) is 8.11. The molecule has 0 aliphatic carbocycles. The number of hydrogen-bond acceptors (Lipinski definition) is 3. The fourth-order valence-electron chi connectivity index (χ4n) is 1.92. The van der Waals surface area contributed by atoms with E-state index in [0.29, 0.717) is 5.39 Å². The number of rotatable bonds is 5. The van der Waals surface area contributed by atoms with Crippen molar-refractivity contribution >= 4 is 22.6 Å². The summed E-state index contributed by atoms with van der Waals surface area (Å²) in [5, 5.41) is 13.1. The van der Waals surface area contributed by atoms with Crippen LogP contribution in [-0.4, -0.2) is 28.0 Å². The molecule has 1 heterocycles. The molecule has 5 heteroatoms. The molecule has 2 rings (SSSR count). The van der Waals surface area contributed by atoms with E-state index in [0.717, 1.165) is 5.39 Å². The topological polar surface area (TPSA) is 79.3 Å². The van der Waals surface area contributed by atoms with Crippen LogP contribution in [-0.2, 0) is 4.79 Å². The number of aliphatic carboxylic acids is 1. The summed E-state index contributed by atoms with van der Waals surface area (Å²) < 4.78 is 0. The van der Waals surface area contributed by atoms with Gasteiger partial charge in [-0.3, -0.25) is 9.78 Å². The molecule has 0 saturated carbocycles. The molecular formula is C15H14N2O3. The average molecular weight is 270 g/mol. The van der Waals surface area contributed by atoms with Gasteiger partial charge in [0.05, 0.1) is 0 Å². The quantitative estimate of drug-likeness (QED) is 0.814. The summed E-state index contributed by atoms with van der Waals surface area (Å²) in [6.45, 7) is 3.48. The van der Waals surface area contributed by atoms with E-state index in [2.05, 4.69) is 16.9 Å². The third kappa shape index (κ3) is 2.83. The molecule has 0 radical (unpaired) electrons. The highest BCUT2D eigenvalue weighted by molar-refractivity contribution is 6.06. The Morgan fingerprint density at radius 3 is 2.80 bits per heavy atom. The number of nitrogens with zero attached hydrogens (tertiary/aromatic N) is 1. The number of benzene rings is 1. The van der Waals surface area contributed by atoms with Crippen LogP contribution >= 0.6 is 0 Å². The van der Waals surface area contributed by atoms with Crippen LogP contribution in [0.3, 0.4) is 0 Å². The number of carbonyl (C=O) groups excluding carboxylic acids is 1. The third-order valence-corrected chi connectivity index (χ3v) is 2.89. The van der Waals surface area contributed by atoms with Crippen molar-refractivity contribution in [1.82, 2.24) is 10.3 Å². The van der Waals surface area contributed by atoms with E-state index in [1.54, 1.807) is 18.2 Å². The largest absolute Gasteiger partial charge is 0.480 e. The molecule has 1 aromatic carbocycles. The van der Waals surface area contributed by atoms with Crippen LogP contribution in [0.5, 0.6) is 0 Å². The Bertz CT molecular complexity index is 662. The normalized spacial score (nSPS) is 11.8. The first-order valence-electron chi connectivity index (χ1n) is 6.12. The Morgan fingerprint density at radius 2 is 2.10 bits per heavy atom. The lowest BCUT2D eigenvalue weighted by Crippen LogP contribution is -2.40. The van der Waals surface area contributed by atoms with Gasteiger partial charge in [-0.25, -0.2) is 4.79 Å². The van der Waals surface area contributed by atoms with Gasteiger partial charge in [-0.1, -0.05) is 30.3 Å². The van der Waals surface area contributed by atoms with Crippen molar-refractivity contribution in [2.45, 2.75) is 12.5 Å². The first-order valence-corrected chi connectivity index (χ1v) is 6.12. The second kappa shape index (κ2) is 5.97. The molecule has 0 spiro atoms. The van der Waals surface area contributed by atoms with Crippen LogP contribution < -0.4 is 5.32 Å². The van der Waals surface area contributed by atoms with Gasteiger partial charge in [-0.2, -0.15) is 0 Å². The molecule has 2 N–H and O–H groups in total. The van der Waals surface area contributed by atoms with Gasteiger partial charge in [-0.15, -0.1) is 6.58 Å². The zero-order chi connectivity index (χ0) is 14.5. The Morgan fingerprint density at radius 1 is 1.35 bits per heavy atom. The summed E-state index contributed by atoms with van der Waals surface area (Å²) in [5.41, 5.74) is 0.221. The lowest BCUT2D eigenvalue weighted by molar-refractivity contribution is -0.139. The predicted molar refractivity (Wildman–Crippen MR) is 75.4 cm³/mol. The minimum atomic E-state index is -1.10. The Kier molecular flexibility index (Phi) is 4.10. The molecule has 0 aliphatic rings. The number of carbonyl (C=O) groups is 2. The lowest BCUT2D eigenvalue weighted by atomic mass is 10.1. The maximum absolute atomic E-state index is 12.2. The maximum atomic E-state index is 12.2. The van der Waals surface area contributed by atoms with Gasteiger partial charge in [-0.05, 0) is 17.9 Å². The third-order valence-electron chi connectivity index (χ3n) is 2.89. The highest BCUT2D eigenvalue weighted by atomic mass is 16.4. The number of hydrogen-bond donors (Lipinski definition) is 2. The number of pyridine rings is 1. The van der Waals surface area contributed by atoms with E-state index >= 15 is 0 Å². The lowest BCUT2D eigenvalue weighted by Gasteiger charge is -2.13. The Balaban J connectivity index is 2.31. The van der Waals surface area contributed by atoms with Crippen LogP contribution in [0.2, 0.25) is 0 Å². The van der Waals surface area contributed by atoms with Crippen molar-refractivity contribution in [3.63, 3.8) is 0 Å². The monoisotopic (exact) mass is 270 g/mol. The van der Waals surface area contributed by atoms with Crippen molar-refractivity contribution < 1.29 is 14.7 Å². The van der Waals surface area contributed by atoms with Crippen molar-refractivity contribution in [2.24, 2.45) is 0 Å². The van der Waals surface area contributed by atoms with Gasteiger partial charge < -0.3 is 10.4 Å². The van der Waals surface area contributed by atoms with Gasteiger partial charge >= 0.3 is 5.97 Å². The smallest absolute Gasteiger partial charge is 0.326 e. The van der Waals surface area contributed by atoms with Crippen molar-refractivity contribution in [1.29, 1.82) is 0 Å². The zero-order valence-electron chi connectivity index (χ0n) is 10.7. The number of carboxylic acid groups (broad SMARTS) is 1. The summed E-state index contributed by atoms with van der Waals surface area (Å²) in [6.07, 6.45) is 3.14. The number of amides is 1. The fourth-order valence-corrected chi connectivity index (χ4v) is 1.92. The minimum Gasteiger partial charge on any atom is -0.480 e. The molecule has 2 aromatic rings. The molecule has 0 bridgehead atoms. The Hall–Kier alpha value is -2.69. The summed E-state index contributed by atoms with van der Waals surface area (Å²) >= 11 is 0. The molecule has 1 aromatic heterocycles. The highest BCUT2D eigenvalue weighted by Gasteiger charge is 2.20. The number of nitrogens with one attached hydrogen (secondary N) is 1. The summed E-state index contributed by atoms with van der Waals surface area (Å²) in [4.78, 5) is 27.3. The van der Waals surface area contributed by atoms with Gasteiger partial charge in [0.15, 0.2) is 0 Å². The SMILES string of the molecule is C=CCC(NC(=O)c1nccc2ccccc12)C(=O)O. The zero-order valence-corrected chi connectivity index (χ0v) is 10.7. The van der Waals surface area contributed by atoms with Crippen molar-refractivity contribution in [3.8, 4) is 0 Å². The number of aromatic nitrogens is 1. The molecule has 0 aliphatic heterocycles. The van der Waals surface area contributed by atoms with E-state index in [-0.39, 0.29) is 12.1 Å². The van der Waals surface area contributed by atoms with E-state index < -0.39 is 17.9 Å². The first-order chi connectivity index (χ1) is 9.63. The van der Waals surface area contributed by atoms with Gasteiger partial charge in [0, 0.05) is 11.6 Å². The molecule has 102 valence electrons. The van der Waals surface area contributed by atoms with Crippen LogP contribution in [0.15, 0.2) is 49.2 Å². The van der Waals surface area contributed by atoms with Crippen molar-refractivity contribution in [3.05, 3.63) is 54.9 Å². The molecule has 0 fully saturated rings.